The molecule has 1 fully saturated rings. The Bertz CT molecular complexity index is 387. The smallest absolute Gasteiger partial charge is 0.225 e. The van der Waals surface area contributed by atoms with Gasteiger partial charge in [-0.15, -0.1) is 0 Å². The molecule has 2 heterocycles. The summed E-state index contributed by atoms with van der Waals surface area (Å²) in [5.41, 5.74) is 7.68. The lowest BCUT2D eigenvalue weighted by Crippen LogP contribution is -2.33. The van der Waals surface area contributed by atoms with Gasteiger partial charge in [0.05, 0.1) is 0 Å². The summed E-state index contributed by atoms with van der Waals surface area (Å²) in [5.74, 6) is 0.887. The normalized spacial score (nSPS) is 17.5. The molecule has 1 aromatic rings. The van der Waals surface area contributed by atoms with Crippen LogP contribution in [0.4, 0.5) is 5.95 Å². The van der Waals surface area contributed by atoms with Gasteiger partial charge >= 0.3 is 0 Å². The first-order valence-corrected chi connectivity index (χ1v) is 7.18. The fourth-order valence-electron chi connectivity index (χ4n) is 2.56. The van der Waals surface area contributed by atoms with Crippen LogP contribution in [0.15, 0.2) is 6.07 Å². The first-order chi connectivity index (χ1) is 9.19. The third-order valence-electron chi connectivity index (χ3n) is 3.52. The summed E-state index contributed by atoms with van der Waals surface area (Å²) in [4.78, 5) is 13.9. The molecule has 0 atom stereocenters. The maximum absolute atomic E-state index is 5.58. The molecule has 0 aliphatic carbocycles. The van der Waals surface area contributed by atoms with Crippen molar-refractivity contribution in [3.8, 4) is 0 Å². The Balaban J connectivity index is 1.98. The van der Waals surface area contributed by atoms with Gasteiger partial charge in [0.25, 0.3) is 0 Å². The van der Waals surface area contributed by atoms with Crippen LogP contribution in [-0.4, -0.2) is 54.1 Å². The van der Waals surface area contributed by atoms with E-state index in [-0.39, 0.29) is 0 Å². The highest BCUT2D eigenvalue weighted by Gasteiger charge is 2.16. The van der Waals surface area contributed by atoms with Gasteiger partial charge < -0.3 is 15.5 Å². The molecule has 0 amide bonds. The molecular weight excluding hydrogens is 238 g/mol. The van der Waals surface area contributed by atoms with Crippen molar-refractivity contribution in [3.05, 3.63) is 17.5 Å². The van der Waals surface area contributed by atoms with Crippen LogP contribution in [0.25, 0.3) is 0 Å². The van der Waals surface area contributed by atoms with E-state index >= 15 is 0 Å². The molecule has 1 aromatic heterocycles. The Morgan fingerprint density at radius 2 is 1.84 bits per heavy atom. The van der Waals surface area contributed by atoms with Crippen LogP contribution >= 0.6 is 0 Å². The van der Waals surface area contributed by atoms with Gasteiger partial charge in [-0.05, 0) is 52.4 Å². The summed E-state index contributed by atoms with van der Waals surface area (Å²) in [5, 5.41) is 0. The number of aryl methyl sites for hydroxylation is 2. The van der Waals surface area contributed by atoms with Crippen LogP contribution in [0.5, 0.6) is 0 Å². The van der Waals surface area contributed by atoms with Crippen molar-refractivity contribution < 1.29 is 0 Å². The van der Waals surface area contributed by atoms with Crippen molar-refractivity contribution in [2.75, 3.05) is 44.2 Å². The van der Waals surface area contributed by atoms with Crippen LogP contribution in [0.2, 0.25) is 0 Å². The van der Waals surface area contributed by atoms with E-state index in [1.54, 1.807) is 0 Å². The molecule has 0 radical (unpaired) electrons. The largest absolute Gasteiger partial charge is 0.339 e. The summed E-state index contributed by atoms with van der Waals surface area (Å²) in [7, 11) is 0. The quantitative estimate of drug-likeness (QED) is 0.876. The molecule has 1 aliphatic rings. The maximum atomic E-state index is 5.58. The lowest BCUT2D eigenvalue weighted by molar-refractivity contribution is 0.291. The van der Waals surface area contributed by atoms with Crippen LogP contribution in [0.3, 0.4) is 0 Å². The molecular formula is C14H25N5. The number of anilines is 1. The molecule has 1 saturated heterocycles. The van der Waals surface area contributed by atoms with Gasteiger partial charge in [-0.3, -0.25) is 0 Å². The molecule has 2 N–H and O–H groups in total. The molecule has 0 spiro atoms. The minimum absolute atomic E-state index is 0.778. The molecule has 2 rings (SSSR count). The Morgan fingerprint density at radius 3 is 2.53 bits per heavy atom. The Hall–Kier alpha value is -1.20. The van der Waals surface area contributed by atoms with Crippen molar-refractivity contribution >= 4 is 5.95 Å². The third-order valence-corrected chi connectivity index (χ3v) is 3.52. The standard InChI is InChI=1S/C14H25N5/c1-12-11-13(2)17-14(16-12)19-8-4-7-18(9-10-19)6-3-5-15/h11H,3-10,15H2,1-2H3. The van der Waals surface area contributed by atoms with Gasteiger partial charge in [-0.25, -0.2) is 9.97 Å². The number of hydrogen-bond acceptors (Lipinski definition) is 5. The molecule has 5 heteroatoms. The monoisotopic (exact) mass is 263 g/mol. The minimum atomic E-state index is 0.778. The zero-order valence-corrected chi connectivity index (χ0v) is 12.1. The second-order valence-corrected chi connectivity index (χ2v) is 5.28. The summed E-state index contributed by atoms with van der Waals surface area (Å²) in [6, 6.07) is 2.02. The van der Waals surface area contributed by atoms with E-state index in [0.717, 1.165) is 63.0 Å². The Labute approximate surface area is 115 Å². The van der Waals surface area contributed by atoms with E-state index in [9.17, 15) is 0 Å². The molecule has 0 unspecified atom stereocenters. The van der Waals surface area contributed by atoms with Crippen LogP contribution in [0.1, 0.15) is 24.2 Å². The molecule has 5 nitrogen and oxygen atoms in total. The average molecular weight is 263 g/mol. The average Bonchev–Trinajstić information content (AvgIpc) is 2.60. The van der Waals surface area contributed by atoms with Crippen molar-refractivity contribution in [3.63, 3.8) is 0 Å². The van der Waals surface area contributed by atoms with Crippen molar-refractivity contribution in [2.24, 2.45) is 5.73 Å². The summed E-state index contributed by atoms with van der Waals surface area (Å²) < 4.78 is 0. The van der Waals surface area contributed by atoms with Gasteiger partial charge in [0.1, 0.15) is 0 Å². The van der Waals surface area contributed by atoms with E-state index in [4.69, 9.17) is 5.73 Å². The lowest BCUT2D eigenvalue weighted by Gasteiger charge is -2.22. The van der Waals surface area contributed by atoms with Crippen LogP contribution in [-0.2, 0) is 0 Å². The van der Waals surface area contributed by atoms with Gasteiger partial charge in [-0.2, -0.15) is 0 Å². The zero-order valence-electron chi connectivity index (χ0n) is 12.1. The first kappa shape index (κ1) is 14.2. The number of nitrogens with two attached hydrogens (primary N) is 1. The highest BCUT2D eigenvalue weighted by atomic mass is 15.3. The lowest BCUT2D eigenvalue weighted by atomic mass is 10.3. The van der Waals surface area contributed by atoms with Gasteiger partial charge in [0, 0.05) is 31.0 Å². The SMILES string of the molecule is Cc1cc(C)nc(N2CCCN(CCCN)CC2)n1. The summed E-state index contributed by atoms with van der Waals surface area (Å²) >= 11 is 0. The molecule has 19 heavy (non-hydrogen) atoms. The highest BCUT2D eigenvalue weighted by molar-refractivity contribution is 5.32. The first-order valence-electron chi connectivity index (χ1n) is 7.18. The molecule has 0 aromatic carbocycles. The molecule has 106 valence electrons. The molecule has 0 bridgehead atoms. The topological polar surface area (TPSA) is 58.3 Å². The van der Waals surface area contributed by atoms with Crippen molar-refractivity contribution in [1.82, 2.24) is 14.9 Å². The van der Waals surface area contributed by atoms with Gasteiger partial charge in [0.2, 0.25) is 5.95 Å². The number of aromatic nitrogens is 2. The van der Waals surface area contributed by atoms with Crippen LogP contribution < -0.4 is 10.6 Å². The van der Waals surface area contributed by atoms with Gasteiger partial charge in [-0.1, -0.05) is 0 Å². The van der Waals surface area contributed by atoms with Gasteiger partial charge in [0.15, 0.2) is 0 Å². The third kappa shape index (κ3) is 4.14. The number of hydrogen-bond donors (Lipinski definition) is 1. The summed E-state index contributed by atoms with van der Waals surface area (Å²) in [6.07, 6.45) is 2.25. The zero-order chi connectivity index (χ0) is 13.7. The fourth-order valence-corrected chi connectivity index (χ4v) is 2.56. The van der Waals surface area contributed by atoms with Crippen molar-refractivity contribution in [2.45, 2.75) is 26.7 Å². The van der Waals surface area contributed by atoms with E-state index in [0.29, 0.717) is 0 Å². The Morgan fingerprint density at radius 1 is 1.11 bits per heavy atom. The summed E-state index contributed by atoms with van der Waals surface area (Å²) in [6.45, 7) is 10.2. The van der Waals surface area contributed by atoms with E-state index in [1.165, 1.54) is 6.42 Å². The predicted octanol–water partition coefficient (Wildman–Crippen LogP) is 0.954. The second-order valence-electron chi connectivity index (χ2n) is 5.28. The van der Waals surface area contributed by atoms with Crippen LogP contribution in [0, 0.1) is 13.8 Å². The fraction of sp³-hybridized carbons (Fsp3) is 0.714. The van der Waals surface area contributed by atoms with Crippen molar-refractivity contribution in [1.29, 1.82) is 0 Å². The number of rotatable bonds is 4. The second kappa shape index (κ2) is 6.82. The van der Waals surface area contributed by atoms with E-state index in [2.05, 4.69) is 19.8 Å². The molecule has 0 saturated carbocycles. The van der Waals surface area contributed by atoms with E-state index in [1.807, 2.05) is 19.9 Å². The number of nitrogens with zero attached hydrogens (tertiary/aromatic N) is 4. The predicted molar refractivity (Wildman–Crippen MR) is 78.4 cm³/mol. The Kier molecular flexibility index (Phi) is 5.10. The maximum Gasteiger partial charge on any atom is 0.225 e. The minimum Gasteiger partial charge on any atom is -0.339 e. The molecule has 1 aliphatic heterocycles. The highest BCUT2D eigenvalue weighted by Crippen LogP contribution is 2.13. The van der Waals surface area contributed by atoms with E-state index < -0.39 is 0 Å².